The highest BCUT2D eigenvalue weighted by Gasteiger charge is 2.42. The molecule has 1 rings (SSSR count). The van der Waals surface area contributed by atoms with Crippen LogP contribution in [0.5, 0.6) is 12.0 Å². The average Bonchev–Trinajstić information content (AvgIpc) is 2.35. The normalized spacial score (nSPS) is 11.5. The zero-order valence-corrected chi connectivity index (χ0v) is 9.03. The van der Waals surface area contributed by atoms with Gasteiger partial charge in [-0.2, -0.15) is 18.7 Å². The second-order valence-corrected chi connectivity index (χ2v) is 2.92. The number of alkyl halides is 4. The molecule has 0 aromatic carbocycles. The van der Waals surface area contributed by atoms with Gasteiger partial charge in [-0.1, -0.05) is 0 Å². The fraction of sp³-hybridized carbons (Fsp3) is 0.571. The molecule has 0 amide bonds. The first-order valence-corrected chi connectivity index (χ1v) is 4.44. The minimum atomic E-state index is -4.31. The van der Waals surface area contributed by atoms with Gasteiger partial charge in [-0.15, -0.1) is 4.98 Å². The highest BCUT2D eigenvalue weighted by Crippen LogP contribution is 2.23. The van der Waals surface area contributed by atoms with Crippen LogP contribution in [0, 0.1) is 0 Å². The van der Waals surface area contributed by atoms with Crippen molar-refractivity contribution in [1.29, 1.82) is 0 Å². The lowest BCUT2D eigenvalue weighted by Crippen LogP contribution is -2.34. The summed E-state index contributed by atoms with van der Waals surface area (Å²) in [5, 5.41) is 0. The van der Waals surface area contributed by atoms with Crippen LogP contribution in [0.15, 0.2) is 0 Å². The van der Waals surface area contributed by atoms with Gasteiger partial charge in [0.15, 0.2) is 6.61 Å². The Balaban J connectivity index is 2.78. The first kappa shape index (κ1) is 14.2. The number of methoxy groups -OCH3 is 1. The molecule has 3 N–H and O–H groups in total. The van der Waals surface area contributed by atoms with E-state index in [4.69, 9.17) is 5.84 Å². The van der Waals surface area contributed by atoms with E-state index < -0.39 is 25.0 Å². The molecule has 0 bridgehead atoms. The van der Waals surface area contributed by atoms with E-state index in [0.29, 0.717) is 0 Å². The van der Waals surface area contributed by atoms with Gasteiger partial charge in [-0.05, 0) is 0 Å². The average molecular weight is 271 g/mol. The number of aromatic nitrogens is 3. The number of halogens is 4. The van der Waals surface area contributed by atoms with E-state index in [1.165, 1.54) is 7.11 Å². The van der Waals surface area contributed by atoms with Gasteiger partial charge < -0.3 is 9.47 Å². The van der Waals surface area contributed by atoms with E-state index in [0.717, 1.165) is 0 Å². The molecule has 0 aliphatic carbocycles. The zero-order chi connectivity index (χ0) is 13.8. The monoisotopic (exact) mass is 271 g/mol. The first-order chi connectivity index (χ1) is 8.39. The molecule has 1 aromatic rings. The first-order valence-electron chi connectivity index (χ1n) is 4.44. The highest BCUT2D eigenvalue weighted by molar-refractivity contribution is 5.25. The maximum atomic E-state index is 12.6. The molecule has 0 atom stereocenters. The molecule has 7 nitrogen and oxygen atoms in total. The number of rotatable bonds is 6. The van der Waals surface area contributed by atoms with Crippen LogP contribution in [0.2, 0.25) is 0 Å². The van der Waals surface area contributed by atoms with Crippen molar-refractivity contribution in [3.8, 4) is 12.0 Å². The molecule has 18 heavy (non-hydrogen) atoms. The molecule has 102 valence electrons. The summed E-state index contributed by atoms with van der Waals surface area (Å²) >= 11 is 0. The second-order valence-electron chi connectivity index (χ2n) is 2.92. The maximum absolute atomic E-state index is 12.6. The van der Waals surface area contributed by atoms with Gasteiger partial charge in [0.05, 0.1) is 7.11 Å². The third-order valence-corrected chi connectivity index (χ3v) is 1.62. The van der Waals surface area contributed by atoms with Crippen LogP contribution in [0.25, 0.3) is 0 Å². The highest BCUT2D eigenvalue weighted by atomic mass is 19.3. The summed E-state index contributed by atoms with van der Waals surface area (Å²) in [6.45, 7) is -1.58. The molecule has 1 aromatic heterocycles. The predicted octanol–water partition coefficient (Wildman–Crippen LogP) is 0.445. The van der Waals surface area contributed by atoms with Gasteiger partial charge in [0.1, 0.15) is 0 Å². The van der Waals surface area contributed by atoms with Crippen molar-refractivity contribution < 1.29 is 27.0 Å². The Labute approximate surface area is 98.3 Å². The predicted molar refractivity (Wildman–Crippen MR) is 50.6 cm³/mol. The van der Waals surface area contributed by atoms with Gasteiger partial charge in [-0.3, -0.25) is 5.43 Å². The van der Waals surface area contributed by atoms with Crippen molar-refractivity contribution >= 4 is 5.95 Å². The summed E-state index contributed by atoms with van der Waals surface area (Å²) in [6.07, 6.45) is -3.85. The van der Waals surface area contributed by atoms with Crippen molar-refractivity contribution in [2.24, 2.45) is 5.84 Å². The molecular formula is C7H9F4N5O2. The fourth-order valence-electron chi connectivity index (χ4n) is 0.782. The number of nitrogens with two attached hydrogens (primary N) is 1. The summed E-state index contributed by atoms with van der Waals surface area (Å²) in [4.78, 5) is 10.4. The van der Waals surface area contributed by atoms with Gasteiger partial charge in [0.25, 0.3) is 0 Å². The smallest absolute Gasteiger partial charge is 0.340 e. The van der Waals surface area contributed by atoms with E-state index in [9.17, 15) is 17.6 Å². The summed E-state index contributed by atoms with van der Waals surface area (Å²) < 4.78 is 57.8. The Hall–Kier alpha value is -1.91. The van der Waals surface area contributed by atoms with Gasteiger partial charge in [0, 0.05) is 0 Å². The molecule has 0 unspecified atom stereocenters. The molecule has 0 fully saturated rings. The standard InChI is InChI=1S/C7H9F4N5O2/c1-17-5-13-4(16-12)14-6(15-5)18-2-7(10,11)3(8)9/h3H,2,12H2,1H3,(H,13,14,15,16). The Morgan fingerprint density at radius 1 is 1.28 bits per heavy atom. The minimum absolute atomic E-state index is 0.225. The van der Waals surface area contributed by atoms with Crippen LogP contribution < -0.4 is 20.7 Å². The third kappa shape index (κ3) is 3.55. The van der Waals surface area contributed by atoms with Crippen LogP contribution in [0.4, 0.5) is 23.5 Å². The van der Waals surface area contributed by atoms with E-state index in [2.05, 4.69) is 24.4 Å². The van der Waals surface area contributed by atoms with Gasteiger partial charge in [-0.25, -0.2) is 14.6 Å². The van der Waals surface area contributed by atoms with Crippen molar-refractivity contribution in [1.82, 2.24) is 15.0 Å². The van der Waals surface area contributed by atoms with Crippen LogP contribution in [0.3, 0.4) is 0 Å². The molecule has 1 heterocycles. The third-order valence-electron chi connectivity index (χ3n) is 1.62. The maximum Gasteiger partial charge on any atom is 0.340 e. The fourth-order valence-corrected chi connectivity index (χ4v) is 0.782. The summed E-state index contributed by atoms with van der Waals surface area (Å²) in [6, 6.07) is -0.886. The summed E-state index contributed by atoms with van der Waals surface area (Å²) in [5.74, 6) is 0.456. The lowest BCUT2D eigenvalue weighted by atomic mass is 10.4. The summed E-state index contributed by atoms with van der Waals surface area (Å²) in [5.41, 5.74) is 2.00. The number of nitrogen functional groups attached to an aromatic ring is 1. The Kier molecular flexibility index (Phi) is 4.42. The summed E-state index contributed by atoms with van der Waals surface area (Å²) in [7, 11) is 1.20. The van der Waals surface area contributed by atoms with Crippen LogP contribution in [-0.4, -0.2) is 41.0 Å². The van der Waals surface area contributed by atoms with Crippen LogP contribution in [-0.2, 0) is 0 Å². The van der Waals surface area contributed by atoms with E-state index >= 15 is 0 Å². The van der Waals surface area contributed by atoms with Crippen molar-refractivity contribution in [2.45, 2.75) is 12.3 Å². The number of anilines is 1. The molecule has 0 radical (unpaired) electrons. The van der Waals surface area contributed by atoms with Crippen LogP contribution in [0.1, 0.15) is 0 Å². The number of hydrogen-bond donors (Lipinski definition) is 2. The lowest BCUT2D eigenvalue weighted by Gasteiger charge is -2.15. The Morgan fingerprint density at radius 3 is 2.39 bits per heavy atom. The SMILES string of the molecule is COc1nc(NN)nc(OCC(F)(F)C(F)F)n1. The van der Waals surface area contributed by atoms with Gasteiger partial charge >= 0.3 is 24.4 Å². The van der Waals surface area contributed by atoms with E-state index in [-0.39, 0.29) is 12.0 Å². The second kappa shape index (κ2) is 5.62. The number of nitrogens with zero attached hydrogens (tertiary/aromatic N) is 3. The molecular weight excluding hydrogens is 262 g/mol. The molecule has 0 aliphatic heterocycles. The van der Waals surface area contributed by atoms with Crippen molar-refractivity contribution in [3.05, 3.63) is 0 Å². The molecule has 0 aliphatic rings. The lowest BCUT2D eigenvalue weighted by molar-refractivity contribution is -0.149. The number of hydrogen-bond acceptors (Lipinski definition) is 7. The van der Waals surface area contributed by atoms with Crippen LogP contribution >= 0.6 is 0 Å². The molecule has 0 saturated heterocycles. The molecule has 0 spiro atoms. The minimum Gasteiger partial charge on any atom is -0.467 e. The Bertz CT molecular complexity index is 383. The van der Waals surface area contributed by atoms with Crippen molar-refractivity contribution in [3.63, 3.8) is 0 Å². The molecule has 11 heteroatoms. The van der Waals surface area contributed by atoms with E-state index in [1.54, 1.807) is 0 Å². The van der Waals surface area contributed by atoms with E-state index in [1.807, 2.05) is 5.43 Å². The van der Waals surface area contributed by atoms with Crippen molar-refractivity contribution in [2.75, 3.05) is 19.1 Å². The number of ether oxygens (including phenoxy) is 2. The topological polar surface area (TPSA) is 95.2 Å². The number of hydrazine groups is 1. The largest absolute Gasteiger partial charge is 0.467 e. The zero-order valence-electron chi connectivity index (χ0n) is 9.03. The van der Waals surface area contributed by atoms with Gasteiger partial charge in [0.2, 0.25) is 5.95 Å². The molecule has 0 saturated carbocycles. The quantitative estimate of drug-likeness (QED) is 0.440. The number of nitrogens with one attached hydrogen (secondary N) is 1. The Morgan fingerprint density at radius 2 is 1.89 bits per heavy atom.